The first kappa shape index (κ1) is 22.1. The molecule has 2 rings (SSSR count). The number of benzene rings is 1. The van der Waals surface area contributed by atoms with E-state index in [9.17, 15) is 4.39 Å². The molecule has 1 aromatic heterocycles. The highest BCUT2D eigenvalue weighted by Crippen LogP contribution is 2.13. The number of pyridine rings is 1. The van der Waals surface area contributed by atoms with Gasteiger partial charge in [0.05, 0.1) is 6.54 Å². The van der Waals surface area contributed by atoms with Gasteiger partial charge in [0.1, 0.15) is 17.7 Å². The first-order valence-corrected chi connectivity index (χ1v) is 8.50. The summed E-state index contributed by atoms with van der Waals surface area (Å²) in [6.07, 6.45) is 4.34. The van der Waals surface area contributed by atoms with Gasteiger partial charge in [-0.15, -0.1) is 24.0 Å². The maximum Gasteiger partial charge on any atom is 0.191 e. The molecule has 0 aliphatic heterocycles. The number of halogens is 2. The van der Waals surface area contributed by atoms with Gasteiger partial charge in [-0.05, 0) is 44.0 Å². The van der Waals surface area contributed by atoms with Crippen LogP contribution in [0.1, 0.15) is 19.4 Å². The molecule has 0 spiro atoms. The van der Waals surface area contributed by atoms with Crippen molar-refractivity contribution in [3.63, 3.8) is 0 Å². The number of rotatable bonds is 8. The highest BCUT2D eigenvalue weighted by Gasteiger charge is 2.05. The third-order valence-corrected chi connectivity index (χ3v) is 3.41. The van der Waals surface area contributed by atoms with Crippen molar-refractivity contribution in [1.82, 2.24) is 15.6 Å². The molecule has 1 atom stereocenters. The number of nitrogens with one attached hydrogen (secondary N) is 2. The van der Waals surface area contributed by atoms with Crippen molar-refractivity contribution in [1.29, 1.82) is 0 Å². The van der Waals surface area contributed by atoms with E-state index in [2.05, 4.69) is 20.6 Å². The van der Waals surface area contributed by atoms with Gasteiger partial charge in [0, 0.05) is 31.5 Å². The zero-order valence-electron chi connectivity index (χ0n) is 15.1. The van der Waals surface area contributed by atoms with E-state index in [1.54, 1.807) is 18.3 Å². The Balaban J connectivity index is 0.00000338. The molecular formula is C19H26FIN4O. The molecule has 0 aliphatic carbocycles. The lowest BCUT2D eigenvalue weighted by atomic mass is 10.2. The molecule has 2 N–H and O–H groups in total. The maximum absolute atomic E-state index is 13.2. The first-order valence-electron chi connectivity index (χ1n) is 8.50. The summed E-state index contributed by atoms with van der Waals surface area (Å²) in [4.78, 5) is 8.63. The summed E-state index contributed by atoms with van der Waals surface area (Å²) >= 11 is 0. The van der Waals surface area contributed by atoms with Crippen molar-refractivity contribution in [3.8, 4) is 5.75 Å². The Labute approximate surface area is 171 Å². The van der Waals surface area contributed by atoms with Crippen molar-refractivity contribution in [2.45, 2.75) is 26.4 Å². The fourth-order valence-electron chi connectivity index (χ4n) is 2.24. The topological polar surface area (TPSA) is 58.5 Å². The second-order valence-electron chi connectivity index (χ2n) is 5.64. The normalized spacial score (nSPS) is 12.0. The summed E-state index contributed by atoms with van der Waals surface area (Å²) in [6, 6.07) is 10.1. The van der Waals surface area contributed by atoms with Crippen molar-refractivity contribution >= 4 is 29.9 Å². The predicted molar refractivity (Wildman–Crippen MR) is 114 cm³/mol. The van der Waals surface area contributed by atoms with Crippen LogP contribution < -0.4 is 15.4 Å². The van der Waals surface area contributed by atoms with Gasteiger partial charge in [-0.2, -0.15) is 0 Å². The minimum Gasteiger partial charge on any atom is -0.489 e. The molecule has 0 saturated heterocycles. The van der Waals surface area contributed by atoms with Crippen LogP contribution in [0.2, 0.25) is 0 Å². The molecule has 2 aromatic rings. The third-order valence-electron chi connectivity index (χ3n) is 3.41. The molecule has 26 heavy (non-hydrogen) atoms. The van der Waals surface area contributed by atoms with Crippen LogP contribution in [-0.2, 0) is 6.42 Å². The summed E-state index contributed by atoms with van der Waals surface area (Å²) < 4.78 is 18.9. The second-order valence-corrected chi connectivity index (χ2v) is 5.64. The molecule has 7 heteroatoms. The van der Waals surface area contributed by atoms with Crippen LogP contribution in [0.15, 0.2) is 53.8 Å². The van der Waals surface area contributed by atoms with Gasteiger partial charge >= 0.3 is 0 Å². The van der Waals surface area contributed by atoms with E-state index in [1.165, 1.54) is 17.7 Å². The number of aliphatic imine (C=N–C) groups is 1. The molecule has 1 aromatic carbocycles. The number of hydrogen-bond acceptors (Lipinski definition) is 3. The summed E-state index contributed by atoms with van der Waals surface area (Å²) in [5.74, 6) is 0.942. The van der Waals surface area contributed by atoms with E-state index in [4.69, 9.17) is 4.74 Å². The summed E-state index contributed by atoms with van der Waals surface area (Å²) in [5.41, 5.74) is 1.17. The lowest BCUT2D eigenvalue weighted by Gasteiger charge is -2.15. The predicted octanol–water partition coefficient (Wildman–Crippen LogP) is 3.40. The van der Waals surface area contributed by atoms with Crippen molar-refractivity contribution in [3.05, 3.63) is 60.2 Å². The molecule has 0 aliphatic rings. The highest BCUT2D eigenvalue weighted by atomic mass is 127. The average molecular weight is 472 g/mol. The lowest BCUT2D eigenvalue weighted by Crippen LogP contribution is -2.39. The third kappa shape index (κ3) is 8.46. The van der Waals surface area contributed by atoms with Crippen molar-refractivity contribution in [2.75, 3.05) is 19.6 Å². The Morgan fingerprint density at radius 2 is 2.12 bits per heavy atom. The number of hydrogen-bond donors (Lipinski definition) is 2. The van der Waals surface area contributed by atoms with E-state index < -0.39 is 0 Å². The van der Waals surface area contributed by atoms with E-state index in [0.29, 0.717) is 12.3 Å². The fourth-order valence-corrected chi connectivity index (χ4v) is 2.24. The van der Waals surface area contributed by atoms with E-state index in [-0.39, 0.29) is 35.9 Å². The Kier molecular flexibility index (Phi) is 10.6. The SMILES string of the molecule is CCNC(=NCC(C)Oc1cccc(F)c1)NCCc1cccnc1.I. The van der Waals surface area contributed by atoms with Gasteiger partial charge in [-0.1, -0.05) is 12.1 Å². The standard InChI is InChI=1S/C19H25FN4O.HI/c1-3-22-19(23-11-9-16-6-5-10-21-14-16)24-13-15(2)25-18-8-4-7-17(20)12-18;/h4-8,10,12,14-15H,3,9,11,13H2,1-2H3,(H2,22,23,24);1H. The average Bonchev–Trinajstić information content (AvgIpc) is 2.60. The summed E-state index contributed by atoms with van der Waals surface area (Å²) in [7, 11) is 0. The Morgan fingerprint density at radius 3 is 2.81 bits per heavy atom. The second kappa shape index (κ2) is 12.5. The zero-order valence-corrected chi connectivity index (χ0v) is 17.4. The van der Waals surface area contributed by atoms with E-state index >= 15 is 0 Å². The monoisotopic (exact) mass is 472 g/mol. The smallest absolute Gasteiger partial charge is 0.191 e. The number of aromatic nitrogens is 1. The fraction of sp³-hybridized carbons (Fsp3) is 0.368. The van der Waals surface area contributed by atoms with Gasteiger partial charge in [0.25, 0.3) is 0 Å². The minimum absolute atomic E-state index is 0. The van der Waals surface area contributed by atoms with Gasteiger partial charge in [-0.3, -0.25) is 4.98 Å². The molecule has 0 amide bonds. The van der Waals surface area contributed by atoms with Gasteiger partial charge in [0.15, 0.2) is 5.96 Å². The molecule has 0 bridgehead atoms. The van der Waals surface area contributed by atoms with Gasteiger partial charge in [-0.25, -0.2) is 9.38 Å². The number of nitrogens with zero attached hydrogens (tertiary/aromatic N) is 2. The van der Waals surface area contributed by atoms with E-state index in [1.807, 2.05) is 32.2 Å². The lowest BCUT2D eigenvalue weighted by molar-refractivity contribution is 0.229. The minimum atomic E-state index is -0.307. The quantitative estimate of drug-likeness (QED) is 0.352. The van der Waals surface area contributed by atoms with Crippen LogP contribution in [0, 0.1) is 5.82 Å². The molecule has 0 saturated carbocycles. The van der Waals surface area contributed by atoms with Crippen molar-refractivity contribution < 1.29 is 9.13 Å². The molecule has 0 fully saturated rings. The number of guanidine groups is 1. The Hall–Kier alpha value is -1.90. The Bertz CT molecular complexity index is 670. The molecular weight excluding hydrogens is 446 g/mol. The van der Waals surface area contributed by atoms with Crippen LogP contribution >= 0.6 is 24.0 Å². The first-order chi connectivity index (χ1) is 12.2. The highest BCUT2D eigenvalue weighted by molar-refractivity contribution is 14.0. The summed E-state index contributed by atoms with van der Waals surface area (Å²) in [5, 5.41) is 6.50. The molecule has 5 nitrogen and oxygen atoms in total. The van der Waals surface area contributed by atoms with Crippen LogP contribution in [-0.4, -0.2) is 36.7 Å². The molecule has 142 valence electrons. The van der Waals surface area contributed by atoms with Crippen LogP contribution in [0.25, 0.3) is 0 Å². The number of ether oxygens (including phenoxy) is 1. The van der Waals surface area contributed by atoms with Gasteiger partial charge in [0.2, 0.25) is 0 Å². The van der Waals surface area contributed by atoms with Crippen molar-refractivity contribution in [2.24, 2.45) is 4.99 Å². The van der Waals surface area contributed by atoms with Crippen LogP contribution in [0.3, 0.4) is 0 Å². The molecule has 1 heterocycles. The maximum atomic E-state index is 13.2. The van der Waals surface area contributed by atoms with E-state index in [0.717, 1.165) is 25.5 Å². The zero-order chi connectivity index (χ0) is 17.9. The van der Waals surface area contributed by atoms with Gasteiger partial charge < -0.3 is 15.4 Å². The Morgan fingerprint density at radius 1 is 1.27 bits per heavy atom. The molecule has 0 radical (unpaired) electrons. The summed E-state index contributed by atoms with van der Waals surface area (Å²) in [6.45, 7) is 5.94. The largest absolute Gasteiger partial charge is 0.489 e. The van der Waals surface area contributed by atoms with Crippen LogP contribution in [0.4, 0.5) is 4.39 Å². The van der Waals surface area contributed by atoms with Crippen LogP contribution in [0.5, 0.6) is 5.75 Å². The molecule has 1 unspecified atom stereocenters.